The molecule has 3 heterocycles. The number of rotatable bonds is 4. The van der Waals surface area contributed by atoms with E-state index in [1.165, 1.54) is 17.9 Å². The Morgan fingerprint density at radius 1 is 1.11 bits per heavy atom. The van der Waals surface area contributed by atoms with Gasteiger partial charge in [-0.25, -0.2) is 0 Å². The molecule has 0 radical (unpaired) electrons. The zero-order valence-corrected chi connectivity index (χ0v) is 16.1. The third-order valence-electron chi connectivity index (χ3n) is 5.46. The molecular weight excluding hydrogens is 366 g/mol. The van der Waals surface area contributed by atoms with Crippen molar-refractivity contribution in [2.75, 3.05) is 43.2 Å². The average Bonchev–Trinajstić information content (AvgIpc) is 3.38. The van der Waals surface area contributed by atoms with Crippen LogP contribution >= 0.6 is 11.8 Å². The maximum absolute atomic E-state index is 12.1. The van der Waals surface area contributed by atoms with Crippen LogP contribution in [0.2, 0.25) is 0 Å². The summed E-state index contributed by atoms with van der Waals surface area (Å²) < 4.78 is 10.5. The van der Waals surface area contributed by atoms with E-state index < -0.39 is 11.8 Å². The molecule has 0 spiro atoms. The zero-order chi connectivity index (χ0) is 18.6. The fourth-order valence-electron chi connectivity index (χ4n) is 3.81. The Morgan fingerprint density at radius 2 is 1.93 bits per heavy atom. The van der Waals surface area contributed by atoms with Crippen LogP contribution in [0.4, 0.5) is 5.69 Å². The van der Waals surface area contributed by atoms with Crippen molar-refractivity contribution < 1.29 is 19.1 Å². The monoisotopic (exact) mass is 391 g/mol. The summed E-state index contributed by atoms with van der Waals surface area (Å²) in [5, 5.41) is 5.39. The zero-order valence-electron chi connectivity index (χ0n) is 15.2. The van der Waals surface area contributed by atoms with Crippen molar-refractivity contribution >= 4 is 29.3 Å². The van der Waals surface area contributed by atoms with Crippen LogP contribution in [0.25, 0.3) is 0 Å². The number of amides is 2. The molecule has 1 aromatic carbocycles. The molecule has 0 bridgehead atoms. The molecule has 0 saturated carbocycles. The summed E-state index contributed by atoms with van der Waals surface area (Å²) in [6.45, 7) is 2.91. The highest BCUT2D eigenvalue weighted by atomic mass is 32.2. The first-order chi connectivity index (χ1) is 13.2. The van der Waals surface area contributed by atoms with Crippen LogP contribution < -0.4 is 20.1 Å². The number of carbonyl (C=O) groups is 2. The first-order valence-corrected chi connectivity index (χ1v) is 10.6. The summed E-state index contributed by atoms with van der Waals surface area (Å²) in [5.74, 6) is 2.93. The van der Waals surface area contributed by atoms with E-state index in [1.807, 2.05) is 11.8 Å². The first-order valence-electron chi connectivity index (χ1n) is 9.49. The number of nitrogens with one attached hydrogen (secondary N) is 2. The maximum atomic E-state index is 12.1. The van der Waals surface area contributed by atoms with Crippen molar-refractivity contribution in [2.24, 2.45) is 5.92 Å². The van der Waals surface area contributed by atoms with E-state index in [1.54, 1.807) is 18.2 Å². The third-order valence-corrected chi connectivity index (χ3v) is 6.60. The van der Waals surface area contributed by atoms with Gasteiger partial charge >= 0.3 is 11.8 Å². The SMILES string of the molecule is O=C(NCC1CCN(C2CCSC2)CC1)C(=O)Nc1ccc2c(c1)OCO2. The van der Waals surface area contributed by atoms with Crippen LogP contribution in [0, 0.1) is 5.92 Å². The number of nitrogens with zero attached hydrogens (tertiary/aromatic N) is 1. The highest BCUT2D eigenvalue weighted by Crippen LogP contribution is 2.34. The molecular formula is C19H25N3O4S. The Morgan fingerprint density at radius 3 is 2.70 bits per heavy atom. The molecule has 7 nitrogen and oxygen atoms in total. The quantitative estimate of drug-likeness (QED) is 0.761. The Labute approximate surface area is 163 Å². The second-order valence-corrected chi connectivity index (χ2v) is 8.38. The largest absolute Gasteiger partial charge is 0.454 e. The predicted molar refractivity (Wildman–Crippen MR) is 104 cm³/mol. The number of piperidine rings is 1. The number of hydrogen-bond acceptors (Lipinski definition) is 6. The Hall–Kier alpha value is -1.93. The van der Waals surface area contributed by atoms with Crippen LogP contribution in [0.3, 0.4) is 0 Å². The molecule has 8 heteroatoms. The van der Waals surface area contributed by atoms with Gasteiger partial charge in [0.25, 0.3) is 0 Å². The summed E-state index contributed by atoms with van der Waals surface area (Å²) in [7, 11) is 0. The first kappa shape index (κ1) is 18.4. The molecule has 0 aliphatic carbocycles. The van der Waals surface area contributed by atoms with Crippen LogP contribution in [0.5, 0.6) is 11.5 Å². The highest BCUT2D eigenvalue weighted by molar-refractivity contribution is 7.99. The molecule has 1 atom stereocenters. The van der Waals surface area contributed by atoms with E-state index in [-0.39, 0.29) is 6.79 Å². The lowest BCUT2D eigenvalue weighted by Crippen LogP contribution is -2.45. The summed E-state index contributed by atoms with van der Waals surface area (Å²) in [6, 6.07) is 5.80. The molecule has 146 valence electrons. The van der Waals surface area contributed by atoms with E-state index in [0.717, 1.165) is 32.0 Å². The smallest absolute Gasteiger partial charge is 0.313 e. The van der Waals surface area contributed by atoms with Gasteiger partial charge in [0.2, 0.25) is 6.79 Å². The standard InChI is InChI=1S/C19H25N3O4S/c23-18(19(24)21-14-1-2-16-17(9-14)26-12-25-16)20-10-13-3-6-22(7-4-13)15-5-8-27-11-15/h1-2,9,13,15H,3-8,10-12H2,(H,20,23)(H,21,24). The average molecular weight is 391 g/mol. The second kappa shape index (κ2) is 8.39. The van der Waals surface area contributed by atoms with Gasteiger partial charge in [0.1, 0.15) is 0 Å². The molecule has 3 aliphatic rings. The lowest BCUT2D eigenvalue weighted by Gasteiger charge is -2.35. The molecule has 3 aliphatic heterocycles. The molecule has 1 unspecified atom stereocenters. The van der Waals surface area contributed by atoms with Crippen LogP contribution in [0.1, 0.15) is 19.3 Å². The number of anilines is 1. The van der Waals surface area contributed by atoms with Crippen LogP contribution in [-0.4, -0.2) is 60.7 Å². The molecule has 4 rings (SSSR count). The van der Waals surface area contributed by atoms with E-state index >= 15 is 0 Å². The van der Waals surface area contributed by atoms with Gasteiger partial charge in [-0.15, -0.1) is 0 Å². The third kappa shape index (κ3) is 4.50. The van der Waals surface area contributed by atoms with Crippen molar-refractivity contribution in [2.45, 2.75) is 25.3 Å². The van der Waals surface area contributed by atoms with Crippen LogP contribution in [0.15, 0.2) is 18.2 Å². The van der Waals surface area contributed by atoms with E-state index in [9.17, 15) is 9.59 Å². The summed E-state index contributed by atoms with van der Waals surface area (Å²) in [5.41, 5.74) is 0.516. The number of hydrogen-bond donors (Lipinski definition) is 2. The number of fused-ring (bicyclic) bond motifs is 1. The van der Waals surface area contributed by atoms with Gasteiger partial charge < -0.3 is 20.1 Å². The Bertz CT molecular complexity index is 700. The van der Waals surface area contributed by atoms with E-state index in [0.29, 0.717) is 29.6 Å². The molecule has 2 N–H and O–H groups in total. The number of thioether (sulfide) groups is 1. The van der Waals surface area contributed by atoms with Gasteiger partial charge in [-0.1, -0.05) is 0 Å². The normalized spacial score (nSPS) is 22.6. The van der Waals surface area contributed by atoms with Gasteiger partial charge in [0, 0.05) is 30.1 Å². The van der Waals surface area contributed by atoms with Crippen molar-refractivity contribution in [1.29, 1.82) is 0 Å². The van der Waals surface area contributed by atoms with Gasteiger partial charge in [-0.05, 0) is 56.2 Å². The van der Waals surface area contributed by atoms with Crippen molar-refractivity contribution in [3.63, 3.8) is 0 Å². The number of carbonyl (C=O) groups excluding carboxylic acids is 2. The summed E-state index contributed by atoms with van der Waals surface area (Å²) in [4.78, 5) is 26.8. The Balaban J connectivity index is 1.19. The maximum Gasteiger partial charge on any atom is 0.313 e. The fraction of sp³-hybridized carbons (Fsp3) is 0.579. The minimum absolute atomic E-state index is 0.172. The summed E-state index contributed by atoms with van der Waals surface area (Å²) in [6.07, 6.45) is 3.45. The predicted octanol–water partition coefficient (Wildman–Crippen LogP) is 1.69. The van der Waals surface area contributed by atoms with Crippen molar-refractivity contribution in [3.8, 4) is 11.5 Å². The minimum atomic E-state index is -0.658. The molecule has 0 aromatic heterocycles. The summed E-state index contributed by atoms with van der Waals surface area (Å²) >= 11 is 2.04. The fourth-order valence-corrected chi connectivity index (χ4v) is 5.07. The van der Waals surface area contributed by atoms with E-state index in [2.05, 4.69) is 15.5 Å². The van der Waals surface area contributed by atoms with Gasteiger partial charge in [-0.3, -0.25) is 14.5 Å². The van der Waals surface area contributed by atoms with Crippen molar-refractivity contribution in [1.82, 2.24) is 10.2 Å². The number of ether oxygens (including phenoxy) is 2. The lowest BCUT2D eigenvalue weighted by atomic mass is 9.95. The molecule has 2 amide bonds. The van der Waals surface area contributed by atoms with Gasteiger partial charge in [0.05, 0.1) is 0 Å². The minimum Gasteiger partial charge on any atom is -0.454 e. The second-order valence-electron chi connectivity index (χ2n) is 7.23. The van der Waals surface area contributed by atoms with Gasteiger partial charge in [-0.2, -0.15) is 11.8 Å². The Kier molecular flexibility index (Phi) is 5.73. The molecule has 2 saturated heterocycles. The highest BCUT2D eigenvalue weighted by Gasteiger charge is 2.28. The van der Waals surface area contributed by atoms with Crippen molar-refractivity contribution in [3.05, 3.63) is 18.2 Å². The topological polar surface area (TPSA) is 79.9 Å². The number of likely N-dealkylation sites (tertiary alicyclic amines) is 1. The molecule has 2 fully saturated rings. The van der Waals surface area contributed by atoms with E-state index in [4.69, 9.17) is 9.47 Å². The molecule has 1 aromatic rings. The van der Waals surface area contributed by atoms with Crippen LogP contribution in [-0.2, 0) is 9.59 Å². The van der Waals surface area contributed by atoms with Gasteiger partial charge in [0.15, 0.2) is 11.5 Å². The lowest BCUT2D eigenvalue weighted by molar-refractivity contribution is -0.136. The number of benzene rings is 1. The molecule has 27 heavy (non-hydrogen) atoms.